The highest BCUT2D eigenvalue weighted by Crippen LogP contribution is 2.39. The summed E-state index contributed by atoms with van der Waals surface area (Å²) in [5.74, 6) is -1.22. The summed E-state index contributed by atoms with van der Waals surface area (Å²) >= 11 is 0. The lowest BCUT2D eigenvalue weighted by Gasteiger charge is -2.27. The topological polar surface area (TPSA) is 111 Å². The number of hydrogen-bond donors (Lipinski definition) is 4. The van der Waals surface area contributed by atoms with E-state index >= 15 is 0 Å². The zero-order chi connectivity index (χ0) is 22.4. The van der Waals surface area contributed by atoms with E-state index in [0.717, 1.165) is 16.7 Å². The van der Waals surface area contributed by atoms with E-state index < -0.39 is 23.9 Å². The molecule has 0 aromatic heterocycles. The van der Waals surface area contributed by atoms with Crippen molar-refractivity contribution in [3.05, 3.63) is 54.1 Å². The molecule has 1 aliphatic rings. The number of hydrazine groups is 1. The van der Waals surface area contributed by atoms with Crippen molar-refractivity contribution >= 4 is 23.5 Å². The van der Waals surface area contributed by atoms with E-state index in [-0.39, 0.29) is 12.5 Å². The van der Waals surface area contributed by atoms with Crippen LogP contribution in [0.25, 0.3) is 11.1 Å². The minimum absolute atomic E-state index is 0.0652. The van der Waals surface area contributed by atoms with Gasteiger partial charge in [-0.05, 0) is 43.9 Å². The molecule has 0 radical (unpaired) electrons. The van der Waals surface area contributed by atoms with Gasteiger partial charge in [0.05, 0.1) is 11.6 Å². The van der Waals surface area contributed by atoms with Crippen molar-refractivity contribution in [2.24, 2.45) is 0 Å². The summed E-state index contributed by atoms with van der Waals surface area (Å²) in [4.78, 5) is 38.0. The van der Waals surface area contributed by atoms with E-state index in [9.17, 15) is 14.4 Å². The summed E-state index contributed by atoms with van der Waals surface area (Å²) < 4.78 is 0. The van der Waals surface area contributed by atoms with Crippen LogP contribution in [-0.4, -0.2) is 42.1 Å². The van der Waals surface area contributed by atoms with Crippen molar-refractivity contribution in [2.75, 3.05) is 18.2 Å². The zero-order valence-electron chi connectivity index (χ0n) is 17.7. The number of nitrogens with zero attached hydrogens (tertiary/aromatic N) is 1. The Morgan fingerprint density at radius 1 is 1.06 bits per heavy atom. The van der Waals surface area contributed by atoms with Crippen LogP contribution in [-0.2, 0) is 9.59 Å². The first-order chi connectivity index (χ1) is 14.9. The second-order valence-corrected chi connectivity index (χ2v) is 7.53. The lowest BCUT2D eigenvalue weighted by atomic mass is 9.92. The van der Waals surface area contributed by atoms with Crippen LogP contribution in [0.1, 0.15) is 38.2 Å². The molecule has 0 bridgehead atoms. The second kappa shape index (κ2) is 10.1. The van der Waals surface area contributed by atoms with Gasteiger partial charge >= 0.3 is 6.03 Å². The summed E-state index contributed by atoms with van der Waals surface area (Å²) in [7, 11) is 0. The van der Waals surface area contributed by atoms with Gasteiger partial charge in [-0.15, -0.1) is 0 Å². The smallest absolute Gasteiger partial charge is 0.315 e. The maximum Gasteiger partial charge on any atom is 0.315 e. The SMILES string of the molecule is CC1C(=O)N(NC(=O)[C@H](C)NC(=O)NCCCCO)c2ccccc2-c2ccccc21. The first-order valence-corrected chi connectivity index (χ1v) is 10.4. The molecule has 2 atom stereocenters. The largest absolute Gasteiger partial charge is 0.396 e. The predicted octanol–water partition coefficient (Wildman–Crippen LogP) is 2.30. The molecule has 3 rings (SSSR count). The maximum atomic E-state index is 13.2. The third kappa shape index (κ3) is 5.03. The molecule has 2 aromatic rings. The number of anilines is 1. The van der Waals surface area contributed by atoms with Gasteiger partial charge in [-0.3, -0.25) is 15.0 Å². The number of rotatable bonds is 7. The highest BCUT2D eigenvalue weighted by atomic mass is 16.3. The number of nitrogens with one attached hydrogen (secondary N) is 3. The van der Waals surface area contributed by atoms with Gasteiger partial charge < -0.3 is 15.7 Å². The molecule has 31 heavy (non-hydrogen) atoms. The van der Waals surface area contributed by atoms with Crippen LogP contribution in [0.2, 0.25) is 0 Å². The molecule has 0 saturated carbocycles. The van der Waals surface area contributed by atoms with Gasteiger partial charge in [-0.1, -0.05) is 42.5 Å². The van der Waals surface area contributed by atoms with E-state index in [1.807, 2.05) is 49.4 Å². The predicted molar refractivity (Wildman–Crippen MR) is 118 cm³/mol. The van der Waals surface area contributed by atoms with E-state index in [4.69, 9.17) is 5.11 Å². The van der Waals surface area contributed by atoms with Crippen LogP contribution in [0.3, 0.4) is 0 Å². The van der Waals surface area contributed by atoms with Crippen LogP contribution in [0.4, 0.5) is 10.5 Å². The van der Waals surface area contributed by atoms with Gasteiger partial charge in [0.25, 0.3) is 11.8 Å². The molecule has 4 N–H and O–H groups in total. The molecule has 1 unspecified atom stereocenters. The summed E-state index contributed by atoms with van der Waals surface area (Å²) in [6.07, 6.45) is 1.23. The number of aliphatic hydroxyl groups excluding tert-OH is 1. The van der Waals surface area contributed by atoms with E-state index in [1.165, 1.54) is 5.01 Å². The minimum atomic E-state index is -0.862. The number of hydrogen-bond acceptors (Lipinski definition) is 4. The molecule has 8 nitrogen and oxygen atoms in total. The highest BCUT2D eigenvalue weighted by Gasteiger charge is 2.33. The number of para-hydroxylation sites is 1. The minimum Gasteiger partial charge on any atom is -0.396 e. The molecule has 8 heteroatoms. The number of carbonyl (C=O) groups is 3. The van der Waals surface area contributed by atoms with Gasteiger partial charge in [0.2, 0.25) is 0 Å². The van der Waals surface area contributed by atoms with Crippen molar-refractivity contribution < 1.29 is 19.5 Å². The van der Waals surface area contributed by atoms with Gasteiger partial charge in [-0.2, -0.15) is 0 Å². The highest BCUT2D eigenvalue weighted by molar-refractivity contribution is 6.06. The summed E-state index contributed by atoms with van der Waals surface area (Å²) in [5, 5.41) is 15.3. The molecular weight excluding hydrogens is 396 g/mol. The Balaban J connectivity index is 1.76. The van der Waals surface area contributed by atoms with Gasteiger partial charge in [0, 0.05) is 18.7 Å². The van der Waals surface area contributed by atoms with Crippen LogP contribution in [0, 0.1) is 0 Å². The number of fused-ring (bicyclic) bond motifs is 3. The Morgan fingerprint density at radius 2 is 1.74 bits per heavy atom. The third-order valence-electron chi connectivity index (χ3n) is 5.29. The molecule has 0 aliphatic carbocycles. The standard InChI is InChI=1S/C23H28N4O4/c1-15-17-9-3-4-10-18(17)19-11-5-6-12-20(19)27(22(15)30)26-21(29)16(2)25-23(31)24-13-7-8-14-28/h3-6,9-12,15-16,28H,7-8,13-14H2,1-2H3,(H,26,29)(H2,24,25,31)/t15?,16-/m0/s1. The molecule has 1 heterocycles. The number of amides is 4. The fourth-order valence-electron chi connectivity index (χ4n) is 3.54. The maximum absolute atomic E-state index is 13.2. The van der Waals surface area contributed by atoms with Crippen molar-refractivity contribution in [1.29, 1.82) is 0 Å². The van der Waals surface area contributed by atoms with Crippen molar-refractivity contribution in [2.45, 2.75) is 38.6 Å². The Morgan fingerprint density at radius 3 is 2.48 bits per heavy atom. The average Bonchev–Trinajstić information content (AvgIpc) is 2.86. The quantitative estimate of drug-likeness (QED) is 0.511. The second-order valence-electron chi connectivity index (χ2n) is 7.53. The lowest BCUT2D eigenvalue weighted by molar-refractivity contribution is -0.127. The Labute approximate surface area is 181 Å². The van der Waals surface area contributed by atoms with E-state index in [1.54, 1.807) is 13.0 Å². The van der Waals surface area contributed by atoms with Crippen LogP contribution in [0.15, 0.2) is 48.5 Å². The molecule has 164 valence electrons. The summed E-state index contributed by atoms with van der Waals surface area (Å²) in [5.41, 5.74) is 5.95. The average molecular weight is 425 g/mol. The number of aliphatic hydroxyl groups is 1. The monoisotopic (exact) mass is 424 g/mol. The summed E-state index contributed by atoms with van der Waals surface area (Å²) in [6, 6.07) is 13.8. The lowest BCUT2D eigenvalue weighted by Crippen LogP contribution is -2.55. The van der Waals surface area contributed by atoms with Crippen LogP contribution in [0.5, 0.6) is 0 Å². The van der Waals surface area contributed by atoms with Crippen molar-refractivity contribution in [3.63, 3.8) is 0 Å². The Bertz CT molecular complexity index is 962. The van der Waals surface area contributed by atoms with E-state index in [2.05, 4.69) is 16.1 Å². The number of unbranched alkanes of at least 4 members (excludes halogenated alkanes) is 1. The van der Waals surface area contributed by atoms with Crippen LogP contribution < -0.4 is 21.1 Å². The third-order valence-corrected chi connectivity index (χ3v) is 5.29. The van der Waals surface area contributed by atoms with Gasteiger partial charge in [0.1, 0.15) is 6.04 Å². The normalized spacial score (nSPS) is 15.9. The molecule has 0 spiro atoms. The van der Waals surface area contributed by atoms with Crippen molar-refractivity contribution in [1.82, 2.24) is 16.1 Å². The molecule has 0 fully saturated rings. The molecule has 2 aromatic carbocycles. The van der Waals surface area contributed by atoms with Crippen molar-refractivity contribution in [3.8, 4) is 11.1 Å². The van der Waals surface area contributed by atoms with Crippen LogP contribution >= 0.6 is 0 Å². The number of benzene rings is 2. The van der Waals surface area contributed by atoms with Gasteiger partial charge in [-0.25, -0.2) is 9.80 Å². The zero-order valence-corrected chi connectivity index (χ0v) is 17.7. The first-order valence-electron chi connectivity index (χ1n) is 10.4. The fraction of sp³-hybridized carbons (Fsp3) is 0.348. The molecule has 1 aliphatic heterocycles. The Kier molecular flexibility index (Phi) is 7.25. The Hall–Kier alpha value is -3.39. The molecule has 0 saturated heterocycles. The molecule has 4 amide bonds. The molecular formula is C23H28N4O4. The number of urea groups is 1. The summed E-state index contributed by atoms with van der Waals surface area (Å²) in [6.45, 7) is 3.83. The van der Waals surface area contributed by atoms with Gasteiger partial charge in [0.15, 0.2) is 0 Å². The first kappa shape index (κ1) is 22.3. The number of carbonyl (C=O) groups excluding carboxylic acids is 3. The van der Waals surface area contributed by atoms with E-state index in [0.29, 0.717) is 25.1 Å². The fourth-order valence-corrected chi connectivity index (χ4v) is 3.54.